The summed E-state index contributed by atoms with van der Waals surface area (Å²) >= 11 is 0. The van der Waals surface area contributed by atoms with Crippen LogP contribution < -0.4 is 5.46 Å². The van der Waals surface area contributed by atoms with Crippen LogP contribution in [0.3, 0.4) is 0 Å². The van der Waals surface area contributed by atoms with Crippen molar-refractivity contribution in [1.82, 2.24) is 4.40 Å². The summed E-state index contributed by atoms with van der Waals surface area (Å²) in [6.07, 6.45) is 3.54. The highest BCUT2D eigenvalue weighted by Crippen LogP contribution is 2.09. The molecule has 2 rings (SSSR count). The van der Waals surface area contributed by atoms with Crippen LogP contribution in [0.1, 0.15) is 17.3 Å². The number of hydrogen-bond acceptors (Lipinski definition) is 2. The molecule has 0 aromatic carbocycles. The van der Waals surface area contributed by atoms with Gasteiger partial charge in [-0.25, -0.2) is 4.79 Å². The van der Waals surface area contributed by atoms with Gasteiger partial charge in [-0.2, -0.15) is 0 Å². The molecule has 74 valence electrons. The van der Waals surface area contributed by atoms with Crippen molar-refractivity contribution in [2.45, 2.75) is 6.92 Å². The van der Waals surface area contributed by atoms with Gasteiger partial charge in [-0.05, 0) is 19.1 Å². The second kappa shape index (κ2) is 3.81. The summed E-state index contributed by atoms with van der Waals surface area (Å²) < 4.78 is 6.74. The Kier molecular flexibility index (Phi) is 2.50. The molecule has 0 bridgehead atoms. The molecule has 0 aliphatic heterocycles. The lowest BCUT2D eigenvalue weighted by Crippen LogP contribution is -2.02. The summed E-state index contributed by atoms with van der Waals surface area (Å²) in [5, 5.41) is 0. The largest absolute Gasteiger partial charge is 0.462 e. The molecule has 0 amide bonds. The van der Waals surface area contributed by atoms with Crippen LogP contribution in [0.5, 0.6) is 0 Å². The fourth-order valence-corrected chi connectivity index (χ4v) is 1.45. The second-order valence-corrected chi connectivity index (χ2v) is 3.24. The van der Waals surface area contributed by atoms with E-state index in [0.717, 1.165) is 5.52 Å². The highest BCUT2D eigenvalue weighted by atomic mass is 16.5. The van der Waals surface area contributed by atoms with Gasteiger partial charge >= 0.3 is 5.97 Å². The topological polar surface area (TPSA) is 30.7 Å². The molecule has 0 aliphatic rings. The molecule has 0 atom stereocenters. The average Bonchev–Trinajstić information content (AvgIpc) is 2.60. The zero-order valence-corrected chi connectivity index (χ0v) is 8.43. The monoisotopic (exact) mass is 199 g/mol. The average molecular weight is 199 g/mol. The standard InChI is InChI=1S/C11H10BNO2/c1-2-15-11(14)8-5-10-6-9(12)3-4-13(10)7-8/h3-7H,2H2,1H3. The van der Waals surface area contributed by atoms with Gasteiger partial charge in [0.1, 0.15) is 7.85 Å². The van der Waals surface area contributed by atoms with Gasteiger partial charge in [0.2, 0.25) is 0 Å². The Bertz CT molecular complexity index is 504. The highest BCUT2D eigenvalue weighted by molar-refractivity contribution is 6.32. The van der Waals surface area contributed by atoms with Crippen molar-refractivity contribution < 1.29 is 9.53 Å². The van der Waals surface area contributed by atoms with Crippen molar-refractivity contribution in [1.29, 1.82) is 0 Å². The van der Waals surface area contributed by atoms with E-state index in [1.54, 1.807) is 25.3 Å². The van der Waals surface area contributed by atoms with Crippen LogP contribution in [0.4, 0.5) is 0 Å². The minimum absolute atomic E-state index is 0.306. The molecule has 0 unspecified atom stereocenters. The number of carbonyl (C=O) groups excluding carboxylic acids is 1. The summed E-state index contributed by atoms with van der Waals surface area (Å²) in [4.78, 5) is 11.4. The summed E-state index contributed by atoms with van der Waals surface area (Å²) in [7, 11) is 5.64. The van der Waals surface area contributed by atoms with Gasteiger partial charge < -0.3 is 9.14 Å². The molecule has 0 aliphatic carbocycles. The number of ether oxygens (including phenoxy) is 1. The van der Waals surface area contributed by atoms with Crippen molar-refractivity contribution in [3.8, 4) is 0 Å². The minimum Gasteiger partial charge on any atom is -0.462 e. The van der Waals surface area contributed by atoms with E-state index in [9.17, 15) is 4.79 Å². The molecule has 0 N–H and O–H groups in total. The maximum atomic E-state index is 11.4. The van der Waals surface area contributed by atoms with E-state index in [1.165, 1.54) is 0 Å². The van der Waals surface area contributed by atoms with E-state index in [4.69, 9.17) is 12.6 Å². The number of rotatable bonds is 2. The van der Waals surface area contributed by atoms with E-state index < -0.39 is 0 Å². The third kappa shape index (κ3) is 1.88. The van der Waals surface area contributed by atoms with Crippen LogP contribution in [0.15, 0.2) is 30.6 Å². The first kappa shape index (κ1) is 9.83. The molecule has 2 radical (unpaired) electrons. The van der Waals surface area contributed by atoms with Gasteiger partial charge in [-0.1, -0.05) is 11.5 Å². The van der Waals surface area contributed by atoms with Gasteiger partial charge in [0.25, 0.3) is 0 Å². The van der Waals surface area contributed by atoms with Gasteiger partial charge in [-0.15, -0.1) is 0 Å². The number of fused-ring (bicyclic) bond motifs is 1. The Morgan fingerprint density at radius 1 is 1.53 bits per heavy atom. The fourth-order valence-electron chi connectivity index (χ4n) is 1.45. The quantitative estimate of drug-likeness (QED) is 0.531. The van der Waals surface area contributed by atoms with Gasteiger partial charge in [0.15, 0.2) is 0 Å². The Labute approximate surface area is 89.1 Å². The smallest absolute Gasteiger partial charge is 0.339 e. The Morgan fingerprint density at radius 3 is 3.07 bits per heavy atom. The second-order valence-electron chi connectivity index (χ2n) is 3.24. The lowest BCUT2D eigenvalue weighted by atomic mass is 9.98. The Morgan fingerprint density at radius 2 is 2.33 bits per heavy atom. The predicted octanol–water partition coefficient (Wildman–Crippen LogP) is 0.910. The Hall–Kier alpha value is -1.71. The lowest BCUT2D eigenvalue weighted by molar-refractivity contribution is 0.0526. The number of esters is 1. The van der Waals surface area contributed by atoms with Gasteiger partial charge in [0.05, 0.1) is 12.2 Å². The number of hydrogen-bond donors (Lipinski definition) is 0. The first-order valence-corrected chi connectivity index (χ1v) is 4.75. The first-order valence-electron chi connectivity index (χ1n) is 4.75. The maximum Gasteiger partial charge on any atom is 0.339 e. The maximum absolute atomic E-state index is 11.4. The summed E-state index contributed by atoms with van der Waals surface area (Å²) in [5.41, 5.74) is 2.11. The molecule has 2 aromatic heterocycles. The molecule has 2 aromatic rings. The van der Waals surface area contributed by atoms with Crippen LogP contribution in [0.25, 0.3) is 5.52 Å². The molecule has 4 heteroatoms. The van der Waals surface area contributed by atoms with Crippen molar-refractivity contribution in [2.24, 2.45) is 0 Å². The predicted molar refractivity (Wildman–Crippen MR) is 58.7 cm³/mol. The highest BCUT2D eigenvalue weighted by Gasteiger charge is 2.08. The molecule has 15 heavy (non-hydrogen) atoms. The molecule has 3 nitrogen and oxygen atoms in total. The third-order valence-corrected chi connectivity index (χ3v) is 2.13. The van der Waals surface area contributed by atoms with Crippen LogP contribution in [0, 0.1) is 0 Å². The number of nitrogens with zero attached hydrogens (tertiary/aromatic N) is 1. The lowest BCUT2D eigenvalue weighted by Gasteiger charge is -1.96. The summed E-state index contributed by atoms with van der Waals surface area (Å²) in [5.74, 6) is -0.306. The number of carbonyl (C=O) groups is 1. The van der Waals surface area contributed by atoms with E-state index in [2.05, 4.69) is 0 Å². The van der Waals surface area contributed by atoms with Crippen molar-refractivity contribution >= 4 is 24.8 Å². The number of pyridine rings is 1. The van der Waals surface area contributed by atoms with Crippen molar-refractivity contribution in [2.75, 3.05) is 6.61 Å². The third-order valence-electron chi connectivity index (χ3n) is 2.13. The van der Waals surface area contributed by atoms with Gasteiger partial charge in [-0.3, -0.25) is 0 Å². The molecular formula is C11H10BNO2. The van der Waals surface area contributed by atoms with Crippen LogP contribution >= 0.6 is 0 Å². The fraction of sp³-hybridized carbons (Fsp3) is 0.182. The van der Waals surface area contributed by atoms with Crippen LogP contribution in [0.2, 0.25) is 0 Å². The normalized spacial score (nSPS) is 10.5. The van der Waals surface area contributed by atoms with Crippen LogP contribution in [-0.4, -0.2) is 24.8 Å². The van der Waals surface area contributed by atoms with Crippen LogP contribution in [-0.2, 0) is 4.74 Å². The molecular weight excluding hydrogens is 189 g/mol. The first-order chi connectivity index (χ1) is 7.20. The van der Waals surface area contributed by atoms with Crippen molar-refractivity contribution in [3.63, 3.8) is 0 Å². The summed E-state index contributed by atoms with van der Waals surface area (Å²) in [6.45, 7) is 2.17. The summed E-state index contributed by atoms with van der Waals surface area (Å²) in [6, 6.07) is 5.35. The molecule has 0 fully saturated rings. The van der Waals surface area contributed by atoms with Gasteiger partial charge in [0, 0.05) is 17.9 Å². The molecule has 0 spiro atoms. The van der Waals surface area contributed by atoms with E-state index in [-0.39, 0.29) is 5.97 Å². The minimum atomic E-state index is -0.306. The number of aromatic nitrogens is 1. The molecule has 2 heterocycles. The van der Waals surface area contributed by atoms with E-state index >= 15 is 0 Å². The molecule has 0 saturated heterocycles. The van der Waals surface area contributed by atoms with E-state index in [1.807, 2.05) is 16.7 Å². The zero-order chi connectivity index (χ0) is 10.8. The van der Waals surface area contributed by atoms with Crippen molar-refractivity contribution in [3.05, 3.63) is 36.2 Å². The SMILES string of the molecule is [B]c1ccn2cc(C(=O)OCC)cc2c1. The zero-order valence-electron chi connectivity index (χ0n) is 8.43. The molecule has 0 saturated carbocycles. The van der Waals surface area contributed by atoms with E-state index in [0.29, 0.717) is 17.6 Å². The Balaban J connectivity index is 2.42.